The molecule has 1 aliphatic rings. The third kappa shape index (κ3) is 5.40. The van der Waals surface area contributed by atoms with Crippen LogP contribution in [0, 0.1) is 26.6 Å². The molecule has 4 aromatic rings. The summed E-state index contributed by atoms with van der Waals surface area (Å²) >= 11 is 5.91. The molecule has 0 spiro atoms. The van der Waals surface area contributed by atoms with Crippen molar-refractivity contribution in [2.24, 2.45) is 0 Å². The van der Waals surface area contributed by atoms with Crippen LogP contribution in [0.25, 0.3) is 22.3 Å². The molecule has 5 rings (SSSR count). The van der Waals surface area contributed by atoms with Gasteiger partial charge in [-0.15, -0.1) is 0 Å². The van der Waals surface area contributed by atoms with Gasteiger partial charge in [-0.2, -0.15) is 15.2 Å². The van der Waals surface area contributed by atoms with Gasteiger partial charge in [0.05, 0.1) is 24.6 Å². The molecular formula is C24H24ClFN6O. The standard InChI is InChI=1S/C19H18ClFN4O.C5H6N2/c1-11-9-15-17(14-4-3-13(20)10-16(14)21)23-19(24-18(15)22-12(11)2)25-5-7-26-8-6-25;1-5-3-2-4-6-7-5/h3-4,9-10H,5-8H2,1-2H3;2-4H,1H3. The number of pyridine rings is 1. The number of halogens is 2. The number of hydrogen-bond donors (Lipinski definition) is 0. The summed E-state index contributed by atoms with van der Waals surface area (Å²) in [5.74, 6) is 0.129. The molecule has 0 N–H and O–H groups in total. The first-order chi connectivity index (χ1) is 15.9. The molecule has 0 amide bonds. The third-order valence-corrected chi connectivity index (χ3v) is 5.54. The number of aryl methyl sites for hydroxylation is 3. The first-order valence-electron chi connectivity index (χ1n) is 10.6. The predicted molar refractivity (Wildman–Crippen MR) is 127 cm³/mol. The molecular weight excluding hydrogens is 443 g/mol. The Kier molecular flexibility index (Phi) is 7.05. The fourth-order valence-electron chi connectivity index (χ4n) is 3.40. The Morgan fingerprint density at radius 1 is 1.00 bits per heavy atom. The van der Waals surface area contributed by atoms with Gasteiger partial charge in [0, 0.05) is 41.0 Å². The van der Waals surface area contributed by atoms with E-state index in [9.17, 15) is 4.39 Å². The summed E-state index contributed by atoms with van der Waals surface area (Å²) in [4.78, 5) is 16.0. The largest absolute Gasteiger partial charge is 0.378 e. The van der Waals surface area contributed by atoms with E-state index in [1.807, 2.05) is 43.9 Å². The normalized spacial score (nSPS) is 13.5. The van der Waals surface area contributed by atoms with Gasteiger partial charge in [0.15, 0.2) is 5.65 Å². The van der Waals surface area contributed by atoms with Crippen molar-refractivity contribution in [1.29, 1.82) is 0 Å². The number of aromatic nitrogens is 5. The van der Waals surface area contributed by atoms with E-state index in [0.717, 1.165) is 22.3 Å². The molecule has 33 heavy (non-hydrogen) atoms. The van der Waals surface area contributed by atoms with Crippen LogP contribution in [-0.2, 0) is 4.74 Å². The van der Waals surface area contributed by atoms with Crippen molar-refractivity contribution >= 4 is 28.6 Å². The van der Waals surface area contributed by atoms with Crippen LogP contribution in [-0.4, -0.2) is 51.5 Å². The fourth-order valence-corrected chi connectivity index (χ4v) is 3.56. The number of ether oxygens (including phenoxy) is 1. The van der Waals surface area contributed by atoms with Crippen LogP contribution in [0.15, 0.2) is 42.6 Å². The zero-order chi connectivity index (χ0) is 23.4. The first-order valence-corrected chi connectivity index (χ1v) is 11.0. The molecule has 0 radical (unpaired) electrons. The lowest BCUT2D eigenvalue weighted by Crippen LogP contribution is -2.37. The molecule has 1 aliphatic heterocycles. The van der Waals surface area contributed by atoms with E-state index in [-0.39, 0.29) is 0 Å². The smallest absolute Gasteiger partial charge is 0.228 e. The van der Waals surface area contributed by atoms with Gasteiger partial charge >= 0.3 is 0 Å². The highest BCUT2D eigenvalue weighted by Gasteiger charge is 2.20. The minimum absolute atomic E-state index is 0.350. The Labute approximate surface area is 196 Å². The highest BCUT2D eigenvalue weighted by molar-refractivity contribution is 6.30. The van der Waals surface area contributed by atoms with E-state index in [2.05, 4.69) is 20.2 Å². The number of rotatable bonds is 2. The lowest BCUT2D eigenvalue weighted by molar-refractivity contribution is 0.122. The van der Waals surface area contributed by atoms with Crippen molar-refractivity contribution in [3.8, 4) is 11.3 Å². The second kappa shape index (κ2) is 10.1. The monoisotopic (exact) mass is 466 g/mol. The van der Waals surface area contributed by atoms with Crippen LogP contribution in [0.2, 0.25) is 5.02 Å². The SMILES string of the molecule is Cc1cc2c(-c3ccc(Cl)cc3F)nc(N3CCOCC3)nc2nc1C.Cc1cccnn1. The molecule has 1 aromatic carbocycles. The minimum atomic E-state index is -0.413. The van der Waals surface area contributed by atoms with E-state index < -0.39 is 5.82 Å². The van der Waals surface area contributed by atoms with Crippen LogP contribution in [0.3, 0.4) is 0 Å². The maximum Gasteiger partial charge on any atom is 0.228 e. The molecule has 170 valence electrons. The van der Waals surface area contributed by atoms with Crippen molar-refractivity contribution in [2.75, 3.05) is 31.2 Å². The first kappa shape index (κ1) is 22.9. The van der Waals surface area contributed by atoms with Crippen LogP contribution in [0.4, 0.5) is 10.3 Å². The molecule has 4 heterocycles. The Hall–Kier alpha value is -3.23. The van der Waals surface area contributed by atoms with E-state index >= 15 is 0 Å². The highest BCUT2D eigenvalue weighted by Crippen LogP contribution is 2.31. The Balaban J connectivity index is 0.000000318. The van der Waals surface area contributed by atoms with Crippen molar-refractivity contribution in [1.82, 2.24) is 25.1 Å². The van der Waals surface area contributed by atoms with Gasteiger partial charge in [0.1, 0.15) is 5.82 Å². The number of benzene rings is 1. The Morgan fingerprint density at radius 2 is 1.79 bits per heavy atom. The predicted octanol–water partition coefficient (Wildman–Crippen LogP) is 4.72. The topological polar surface area (TPSA) is 76.9 Å². The van der Waals surface area contributed by atoms with Crippen LogP contribution < -0.4 is 4.90 Å². The molecule has 0 aliphatic carbocycles. The number of anilines is 1. The van der Waals surface area contributed by atoms with Crippen molar-refractivity contribution in [2.45, 2.75) is 20.8 Å². The average Bonchev–Trinajstić information content (AvgIpc) is 2.81. The average molecular weight is 467 g/mol. The summed E-state index contributed by atoms with van der Waals surface area (Å²) in [5, 5.41) is 8.44. The van der Waals surface area contributed by atoms with Crippen LogP contribution in [0.5, 0.6) is 0 Å². The fraction of sp³-hybridized carbons (Fsp3) is 0.292. The lowest BCUT2D eigenvalue weighted by atomic mass is 10.1. The van der Waals surface area contributed by atoms with Crippen LogP contribution in [0.1, 0.15) is 17.0 Å². The highest BCUT2D eigenvalue weighted by atomic mass is 35.5. The van der Waals surface area contributed by atoms with Gasteiger partial charge in [0.25, 0.3) is 0 Å². The molecule has 0 atom stereocenters. The second-order valence-corrected chi connectivity index (χ2v) is 8.16. The summed E-state index contributed by atoms with van der Waals surface area (Å²) in [6.45, 7) is 8.44. The lowest BCUT2D eigenvalue weighted by Gasteiger charge is -2.27. The molecule has 3 aromatic heterocycles. The Morgan fingerprint density at radius 3 is 2.42 bits per heavy atom. The summed E-state index contributed by atoms with van der Waals surface area (Å²) in [6.07, 6.45) is 1.66. The van der Waals surface area contributed by atoms with E-state index in [1.165, 1.54) is 6.07 Å². The summed E-state index contributed by atoms with van der Waals surface area (Å²) in [6, 6.07) is 10.3. The minimum Gasteiger partial charge on any atom is -0.378 e. The van der Waals surface area contributed by atoms with Gasteiger partial charge in [-0.1, -0.05) is 11.6 Å². The summed E-state index contributed by atoms with van der Waals surface area (Å²) in [5.41, 5.74) is 4.35. The van der Waals surface area contributed by atoms with E-state index in [1.54, 1.807) is 18.3 Å². The van der Waals surface area contributed by atoms with Gasteiger partial charge in [0.2, 0.25) is 5.95 Å². The second-order valence-electron chi connectivity index (χ2n) is 7.72. The molecule has 0 unspecified atom stereocenters. The number of nitrogens with zero attached hydrogens (tertiary/aromatic N) is 6. The molecule has 0 saturated carbocycles. The van der Waals surface area contributed by atoms with Crippen molar-refractivity contribution < 1.29 is 9.13 Å². The maximum absolute atomic E-state index is 14.6. The number of hydrogen-bond acceptors (Lipinski definition) is 7. The maximum atomic E-state index is 14.6. The van der Waals surface area contributed by atoms with Crippen molar-refractivity contribution in [3.63, 3.8) is 0 Å². The summed E-state index contributed by atoms with van der Waals surface area (Å²) in [7, 11) is 0. The Bertz CT molecular complexity index is 1270. The molecule has 9 heteroatoms. The summed E-state index contributed by atoms with van der Waals surface area (Å²) < 4.78 is 20.0. The third-order valence-electron chi connectivity index (χ3n) is 5.30. The number of fused-ring (bicyclic) bond motifs is 1. The molecule has 1 fully saturated rings. The number of morpholine rings is 1. The molecule has 7 nitrogen and oxygen atoms in total. The van der Waals surface area contributed by atoms with Gasteiger partial charge in [-0.05, 0) is 62.7 Å². The van der Waals surface area contributed by atoms with E-state index in [4.69, 9.17) is 21.3 Å². The van der Waals surface area contributed by atoms with Crippen molar-refractivity contribution in [3.05, 3.63) is 70.4 Å². The van der Waals surface area contributed by atoms with Crippen LogP contribution >= 0.6 is 11.6 Å². The van der Waals surface area contributed by atoms with Gasteiger partial charge in [-0.25, -0.2) is 14.4 Å². The quantitative estimate of drug-likeness (QED) is 0.423. The zero-order valence-electron chi connectivity index (χ0n) is 18.7. The van der Waals surface area contributed by atoms with E-state index in [0.29, 0.717) is 54.2 Å². The molecule has 1 saturated heterocycles. The molecule has 0 bridgehead atoms. The van der Waals surface area contributed by atoms with Gasteiger partial charge in [-0.3, -0.25) is 0 Å². The van der Waals surface area contributed by atoms with Gasteiger partial charge < -0.3 is 9.64 Å². The zero-order valence-corrected chi connectivity index (χ0v) is 19.5.